The van der Waals surface area contributed by atoms with Gasteiger partial charge in [0, 0.05) is 11.1 Å². The minimum absolute atomic E-state index is 0.0211. The van der Waals surface area contributed by atoms with Crippen molar-refractivity contribution in [3.8, 4) is 0 Å². The molecule has 252 valence electrons. The number of hydrogen-bond acceptors (Lipinski definition) is 4. The molecule has 0 bridgehead atoms. The summed E-state index contributed by atoms with van der Waals surface area (Å²) in [6.45, 7) is 1.72. The first kappa shape index (κ1) is 36.3. The molecule has 0 amide bonds. The molecule has 0 fully saturated rings. The van der Waals surface area contributed by atoms with Crippen LogP contribution in [-0.2, 0) is 19.1 Å². The minimum Gasteiger partial charge on any atom is -0.285 e. The van der Waals surface area contributed by atoms with Crippen LogP contribution in [0.3, 0.4) is 0 Å². The second kappa shape index (κ2) is 19.4. The molecule has 4 rings (SSSR count). The number of benzene rings is 3. The van der Waals surface area contributed by atoms with E-state index in [2.05, 4.69) is 91.0 Å². The van der Waals surface area contributed by atoms with E-state index in [1.807, 2.05) is 0 Å². The van der Waals surface area contributed by atoms with E-state index in [1.165, 1.54) is 107 Å². The molecule has 0 spiro atoms. The van der Waals surface area contributed by atoms with Crippen LogP contribution in [0.25, 0.3) is 0 Å². The van der Waals surface area contributed by atoms with Gasteiger partial charge in [-0.05, 0) is 19.8 Å². The maximum Gasteiger partial charge on any atom is 0.227 e. The largest absolute Gasteiger partial charge is 0.285 e. The van der Waals surface area contributed by atoms with Crippen molar-refractivity contribution in [3.63, 3.8) is 0 Å². The number of Topliss-reactive ketones (excluding diaryl/α,β-unsaturated/α-hetero) is 2. The summed E-state index contributed by atoms with van der Waals surface area (Å²) >= 11 is 0. The molecule has 0 aromatic heterocycles. The van der Waals surface area contributed by atoms with Crippen molar-refractivity contribution in [1.29, 1.82) is 0 Å². The number of hydrogen-bond donors (Lipinski definition) is 0. The quantitative estimate of drug-likeness (QED) is 0.0653. The summed E-state index contributed by atoms with van der Waals surface area (Å²) in [5.74, 6) is -0.386. The molecule has 0 saturated carbocycles. The molecule has 0 heterocycles. The predicted octanol–water partition coefficient (Wildman–Crippen LogP) is 9.15. The monoisotopic (exact) mass is 654 g/mol. The van der Waals surface area contributed by atoms with Crippen LogP contribution in [0.4, 0.5) is 0 Å². The number of rotatable bonds is 21. The molecule has 47 heavy (non-hydrogen) atoms. The number of allylic oxidation sites excluding steroid dienone is 2. The molecule has 4 nitrogen and oxygen atoms in total. The number of carbonyl (C=O) groups excluding carboxylic acids is 2. The molecule has 0 radical (unpaired) electrons. The smallest absolute Gasteiger partial charge is 0.227 e. The average molecular weight is 655 g/mol. The number of carbonyl (C=O) groups is 2. The summed E-state index contributed by atoms with van der Waals surface area (Å²) < 4.78 is 10.3. The summed E-state index contributed by atoms with van der Waals surface area (Å²) in [6.07, 6.45) is 18.0. The maximum absolute atomic E-state index is 12.8. The summed E-state index contributed by atoms with van der Waals surface area (Å²) in [7, 11) is 0.716. The van der Waals surface area contributed by atoms with E-state index < -0.39 is 7.26 Å². The third-order valence-electron chi connectivity index (χ3n) is 9.87. The molecular formula is C42H55O4P. The molecule has 3 aromatic rings. The third-order valence-corrected chi connectivity index (χ3v) is 14.9. The molecule has 5 heteroatoms. The van der Waals surface area contributed by atoms with Crippen molar-refractivity contribution in [2.45, 2.75) is 96.8 Å². The number of unbranched alkanes of at least 4 members (excludes halogenated alkanes) is 12. The molecule has 0 atom stereocenters. The summed E-state index contributed by atoms with van der Waals surface area (Å²) in [6, 6.07) is 33.8. The molecule has 0 unspecified atom stereocenters. The Hall–Kier alpha value is -3.49. The number of ether oxygens (including phenoxy) is 2. The van der Waals surface area contributed by atoms with Crippen molar-refractivity contribution in [2.75, 3.05) is 20.4 Å². The van der Waals surface area contributed by atoms with Gasteiger partial charge < -0.3 is 9.47 Å². The summed E-state index contributed by atoms with van der Waals surface area (Å²) in [5, 5.41) is 4.54. The van der Waals surface area contributed by atoms with Crippen LogP contribution >= 0.6 is 7.26 Å². The number of ketones is 2. The first-order chi connectivity index (χ1) is 23.0. The Bertz CT molecular complexity index is 1360. The Morgan fingerprint density at radius 3 is 1.19 bits per heavy atom. The van der Waals surface area contributed by atoms with E-state index in [4.69, 9.17) is 9.47 Å². The molecule has 3 aromatic carbocycles. The van der Waals surface area contributed by atoms with Crippen molar-refractivity contribution in [3.05, 3.63) is 114 Å². The van der Waals surface area contributed by atoms with E-state index in [0.29, 0.717) is 17.6 Å². The fraction of sp³-hybridized carbons (Fsp3) is 0.429. The zero-order chi connectivity index (χ0) is 33.3. The fourth-order valence-corrected chi connectivity index (χ4v) is 12.2. The van der Waals surface area contributed by atoms with Crippen molar-refractivity contribution in [1.82, 2.24) is 0 Å². The van der Waals surface area contributed by atoms with Crippen molar-refractivity contribution in [2.24, 2.45) is 0 Å². The predicted molar refractivity (Wildman–Crippen MR) is 200 cm³/mol. The van der Waals surface area contributed by atoms with E-state index in [0.717, 1.165) is 12.8 Å². The van der Waals surface area contributed by atoms with Crippen LogP contribution in [0, 0.1) is 0 Å². The van der Waals surface area contributed by atoms with Gasteiger partial charge in [0.2, 0.25) is 23.1 Å². The van der Waals surface area contributed by atoms with Crippen LogP contribution < -0.4 is 15.9 Å². The van der Waals surface area contributed by atoms with E-state index in [1.54, 1.807) is 6.92 Å². The Morgan fingerprint density at radius 1 is 0.468 bits per heavy atom. The molecule has 0 N–H and O–H groups in total. The first-order valence-corrected chi connectivity index (χ1v) is 20.0. The minimum atomic E-state index is -2.10. The molecule has 1 aliphatic carbocycles. The zero-order valence-corrected chi connectivity index (χ0v) is 29.9. The van der Waals surface area contributed by atoms with E-state index in [9.17, 15) is 9.59 Å². The van der Waals surface area contributed by atoms with Gasteiger partial charge in [-0.25, -0.2) is 0 Å². The van der Waals surface area contributed by atoms with Crippen LogP contribution in [-0.4, -0.2) is 31.9 Å². The van der Waals surface area contributed by atoms with Crippen LogP contribution in [0.1, 0.15) is 96.8 Å². The first-order valence-electron chi connectivity index (χ1n) is 17.8. The molecule has 0 saturated heterocycles. The van der Waals surface area contributed by atoms with Gasteiger partial charge in [-0.3, -0.25) is 9.59 Å². The van der Waals surface area contributed by atoms with E-state index >= 15 is 0 Å². The SMILES string of the molecule is COC1=C(OC)C(=O)C(CCCCCCCCCCCCCCC[PH](c2ccccc2)(c2ccccc2)c2ccccc2)=C(C)C1=O. The van der Waals surface area contributed by atoms with Gasteiger partial charge in [0.05, 0.1) is 14.2 Å². The van der Waals surface area contributed by atoms with Crippen molar-refractivity contribution < 1.29 is 19.1 Å². The van der Waals surface area contributed by atoms with Crippen LogP contribution in [0.5, 0.6) is 0 Å². The second-order valence-electron chi connectivity index (χ2n) is 12.9. The normalized spacial score (nSPS) is 14.1. The van der Waals surface area contributed by atoms with Crippen LogP contribution in [0.15, 0.2) is 114 Å². The molecular weight excluding hydrogens is 599 g/mol. The fourth-order valence-electron chi connectivity index (χ4n) is 7.23. The topological polar surface area (TPSA) is 52.6 Å². The van der Waals surface area contributed by atoms with Gasteiger partial charge in [-0.15, -0.1) is 0 Å². The second-order valence-corrected chi connectivity index (χ2v) is 17.0. The third kappa shape index (κ3) is 9.54. The van der Waals surface area contributed by atoms with Crippen molar-refractivity contribution >= 4 is 34.7 Å². The Morgan fingerprint density at radius 2 is 0.809 bits per heavy atom. The standard InChI is InChI=1S/C42H55O4P/c1-34-38(40(44)42(46-3)41(45-2)39(34)43)32-24-13-11-9-7-5-4-6-8-10-12-14-25-33-47(35-26-18-15-19-27-35,36-28-20-16-21-29-36)37-30-22-17-23-31-37/h15-23,26-31,47H,4-14,24-25,32-33H2,1-3H3. The van der Waals surface area contributed by atoms with Gasteiger partial charge in [0.15, 0.2) is 0 Å². The van der Waals surface area contributed by atoms with Gasteiger partial charge in [0.1, 0.15) is 0 Å². The van der Waals surface area contributed by atoms with E-state index in [-0.39, 0.29) is 23.1 Å². The Kier molecular flexibility index (Phi) is 15.0. The molecule has 1 aliphatic rings. The van der Waals surface area contributed by atoms with Crippen LogP contribution in [0.2, 0.25) is 0 Å². The number of methoxy groups -OCH3 is 2. The molecule has 0 aliphatic heterocycles. The summed E-state index contributed by atoms with van der Waals surface area (Å²) in [5.41, 5.74) is 1.08. The zero-order valence-electron chi connectivity index (χ0n) is 28.9. The Labute approximate surface area is 284 Å². The van der Waals surface area contributed by atoms with Gasteiger partial charge in [-0.1, -0.05) is 6.42 Å². The maximum atomic E-state index is 12.8. The average Bonchev–Trinajstić information content (AvgIpc) is 3.12. The van der Waals surface area contributed by atoms with Gasteiger partial charge >= 0.3 is 191 Å². The summed E-state index contributed by atoms with van der Waals surface area (Å²) in [4.78, 5) is 25.3. The van der Waals surface area contributed by atoms with Gasteiger partial charge in [-0.2, -0.15) is 0 Å². The van der Waals surface area contributed by atoms with Gasteiger partial charge in [0.25, 0.3) is 0 Å². The Balaban J connectivity index is 1.10.